The minimum Gasteiger partial charge on any atom is -0.308 e. The summed E-state index contributed by atoms with van der Waals surface area (Å²) in [6, 6.07) is 8.56. The zero-order chi connectivity index (χ0) is 15.1. The van der Waals surface area contributed by atoms with Gasteiger partial charge in [0, 0.05) is 44.8 Å². The summed E-state index contributed by atoms with van der Waals surface area (Å²) < 4.78 is 2.01. The van der Waals surface area contributed by atoms with Crippen molar-refractivity contribution in [2.75, 3.05) is 33.2 Å². The molecular formula is C18H23N3O. The van der Waals surface area contributed by atoms with Crippen LogP contribution in [0.1, 0.15) is 17.5 Å². The van der Waals surface area contributed by atoms with Crippen molar-refractivity contribution in [3.63, 3.8) is 0 Å². The lowest BCUT2D eigenvalue weighted by Crippen LogP contribution is -2.44. The van der Waals surface area contributed by atoms with Crippen molar-refractivity contribution in [2.45, 2.75) is 25.9 Å². The Morgan fingerprint density at radius 1 is 1.09 bits per heavy atom. The summed E-state index contributed by atoms with van der Waals surface area (Å²) in [5, 5.41) is 1.22. The van der Waals surface area contributed by atoms with Crippen molar-refractivity contribution in [2.24, 2.45) is 0 Å². The summed E-state index contributed by atoms with van der Waals surface area (Å²) >= 11 is 0. The van der Waals surface area contributed by atoms with Gasteiger partial charge in [-0.25, -0.2) is 0 Å². The molecule has 4 heteroatoms. The smallest absolute Gasteiger partial charge is 0.255 e. The molecule has 4 rings (SSSR count). The van der Waals surface area contributed by atoms with Crippen LogP contribution >= 0.6 is 0 Å². The Morgan fingerprint density at radius 2 is 1.91 bits per heavy atom. The fourth-order valence-corrected chi connectivity index (χ4v) is 3.78. The molecule has 0 bridgehead atoms. The average Bonchev–Trinajstić information content (AvgIpc) is 2.54. The quantitative estimate of drug-likeness (QED) is 0.844. The lowest BCUT2D eigenvalue weighted by molar-refractivity contribution is 0.147. The molecule has 4 nitrogen and oxygen atoms in total. The molecule has 0 aliphatic carbocycles. The Labute approximate surface area is 130 Å². The molecule has 0 N–H and O–H groups in total. The molecule has 22 heavy (non-hydrogen) atoms. The molecule has 1 aromatic carbocycles. The fourth-order valence-electron chi connectivity index (χ4n) is 3.78. The first kappa shape index (κ1) is 14.0. The van der Waals surface area contributed by atoms with Crippen molar-refractivity contribution < 1.29 is 0 Å². The van der Waals surface area contributed by atoms with Gasteiger partial charge >= 0.3 is 0 Å². The van der Waals surface area contributed by atoms with Crippen molar-refractivity contribution in [1.82, 2.24) is 14.4 Å². The maximum atomic E-state index is 12.9. The predicted molar refractivity (Wildman–Crippen MR) is 89.3 cm³/mol. The molecule has 116 valence electrons. The van der Waals surface area contributed by atoms with Gasteiger partial charge in [0.2, 0.25) is 0 Å². The summed E-state index contributed by atoms with van der Waals surface area (Å²) in [6.45, 7) is 5.93. The van der Waals surface area contributed by atoms with E-state index in [1.807, 2.05) is 4.57 Å². The van der Waals surface area contributed by atoms with Crippen LogP contribution < -0.4 is 5.56 Å². The van der Waals surface area contributed by atoms with Gasteiger partial charge < -0.3 is 9.47 Å². The molecule has 0 saturated carbocycles. The van der Waals surface area contributed by atoms with Gasteiger partial charge in [-0.3, -0.25) is 9.69 Å². The van der Waals surface area contributed by atoms with Crippen LogP contribution in [0.2, 0.25) is 0 Å². The second-order valence-electron chi connectivity index (χ2n) is 6.66. The summed E-state index contributed by atoms with van der Waals surface area (Å²) in [4.78, 5) is 17.6. The van der Waals surface area contributed by atoms with Crippen LogP contribution in [-0.4, -0.2) is 47.6 Å². The maximum absolute atomic E-state index is 12.9. The average molecular weight is 297 g/mol. The van der Waals surface area contributed by atoms with E-state index in [-0.39, 0.29) is 5.56 Å². The molecule has 0 unspecified atom stereocenters. The van der Waals surface area contributed by atoms with E-state index in [2.05, 4.69) is 41.1 Å². The number of para-hydroxylation sites is 1. The largest absolute Gasteiger partial charge is 0.308 e. The zero-order valence-corrected chi connectivity index (χ0v) is 13.2. The minimum atomic E-state index is 0.221. The number of rotatable bonds is 2. The molecule has 1 saturated heterocycles. The molecule has 3 heterocycles. The van der Waals surface area contributed by atoms with Crippen LogP contribution in [0.15, 0.2) is 29.1 Å². The molecular weight excluding hydrogens is 274 g/mol. The van der Waals surface area contributed by atoms with E-state index < -0.39 is 0 Å². The highest BCUT2D eigenvalue weighted by Crippen LogP contribution is 2.24. The fraction of sp³-hybridized carbons (Fsp3) is 0.500. The van der Waals surface area contributed by atoms with E-state index in [1.165, 1.54) is 16.5 Å². The molecule has 2 aromatic rings. The van der Waals surface area contributed by atoms with Gasteiger partial charge in [0.1, 0.15) is 0 Å². The molecule has 1 aromatic heterocycles. The Morgan fingerprint density at radius 3 is 2.73 bits per heavy atom. The standard InChI is InChI=1S/C18H23N3O/c1-19-8-10-20(11-9-19)13-16-12-15-5-2-4-14-6-3-7-21(17(14)15)18(16)22/h2,4-5,12H,3,6-11,13H2,1H3. The second kappa shape index (κ2) is 5.52. The van der Waals surface area contributed by atoms with Crippen molar-refractivity contribution >= 4 is 10.9 Å². The van der Waals surface area contributed by atoms with Gasteiger partial charge in [-0.15, -0.1) is 0 Å². The maximum Gasteiger partial charge on any atom is 0.255 e. The number of hydrogen-bond donors (Lipinski definition) is 0. The highest BCUT2D eigenvalue weighted by atomic mass is 16.1. The lowest BCUT2D eigenvalue weighted by Gasteiger charge is -2.32. The third kappa shape index (κ3) is 2.36. The third-order valence-corrected chi connectivity index (χ3v) is 5.09. The van der Waals surface area contributed by atoms with Crippen molar-refractivity contribution in [1.29, 1.82) is 0 Å². The number of aromatic nitrogens is 1. The molecule has 0 spiro atoms. The molecule has 1 fully saturated rings. The van der Waals surface area contributed by atoms with Gasteiger partial charge in [-0.1, -0.05) is 18.2 Å². The topological polar surface area (TPSA) is 28.5 Å². The second-order valence-corrected chi connectivity index (χ2v) is 6.66. The predicted octanol–water partition coefficient (Wildman–Crippen LogP) is 1.70. The highest BCUT2D eigenvalue weighted by molar-refractivity contribution is 5.83. The molecule has 2 aliphatic heterocycles. The summed E-state index contributed by atoms with van der Waals surface area (Å²) in [5.74, 6) is 0. The molecule has 2 aliphatic rings. The number of benzene rings is 1. The van der Waals surface area contributed by atoms with Gasteiger partial charge in [0.25, 0.3) is 5.56 Å². The molecule has 0 atom stereocenters. The zero-order valence-electron chi connectivity index (χ0n) is 13.2. The molecule has 0 radical (unpaired) electrons. The first-order chi connectivity index (χ1) is 10.7. The number of aryl methyl sites for hydroxylation is 2. The van der Waals surface area contributed by atoms with E-state index in [0.29, 0.717) is 0 Å². The van der Waals surface area contributed by atoms with Crippen molar-refractivity contribution in [3.05, 3.63) is 45.7 Å². The third-order valence-electron chi connectivity index (χ3n) is 5.09. The van der Waals surface area contributed by atoms with Crippen LogP contribution in [0.4, 0.5) is 0 Å². The lowest BCUT2D eigenvalue weighted by atomic mass is 10.00. The van der Waals surface area contributed by atoms with Crippen molar-refractivity contribution in [3.8, 4) is 0 Å². The SMILES string of the molecule is CN1CCN(Cc2cc3cccc4c3n(c2=O)CCC4)CC1. The normalized spacial score (nSPS) is 19.7. The number of nitrogens with zero attached hydrogens (tertiary/aromatic N) is 3. The Balaban J connectivity index is 1.73. The van der Waals surface area contributed by atoms with Crippen LogP contribution in [0.5, 0.6) is 0 Å². The van der Waals surface area contributed by atoms with E-state index in [9.17, 15) is 4.79 Å². The first-order valence-electron chi connectivity index (χ1n) is 8.27. The molecule has 0 amide bonds. The first-order valence-corrected chi connectivity index (χ1v) is 8.27. The highest BCUT2D eigenvalue weighted by Gasteiger charge is 2.19. The number of pyridine rings is 1. The minimum absolute atomic E-state index is 0.221. The van der Waals surface area contributed by atoms with E-state index >= 15 is 0 Å². The van der Waals surface area contributed by atoms with Crippen LogP contribution in [0.3, 0.4) is 0 Å². The Hall–Kier alpha value is -1.65. The van der Waals surface area contributed by atoms with Crippen LogP contribution in [-0.2, 0) is 19.5 Å². The summed E-state index contributed by atoms with van der Waals surface area (Å²) in [7, 11) is 2.16. The van der Waals surface area contributed by atoms with Gasteiger partial charge in [0.05, 0.1) is 5.52 Å². The Kier molecular flexibility index (Phi) is 3.51. The Bertz CT molecular complexity index is 757. The monoisotopic (exact) mass is 297 g/mol. The van der Waals surface area contributed by atoms with E-state index in [4.69, 9.17) is 0 Å². The van der Waals surface area contributed by atoms with Gasteiger partial charge in [0.15, 0.2) is 0 Å². The van der Waals surface area contributed by atoms with E-state index in [0.717, 1.165) is 57.7 Å². The number of likely N-dealkylation sites (N-methyl/N-ethyl adjacent to an activating group) is 1. The summed E-state index contributed by atoms with van der Waals surface area (Å²) in [5.41, 5.74) is 3.67. The van der Waals surface area contributed by atoms with Crippen LogP contribution in [0, 0.1) is 0 Å². The van der Waals surface area contributed by atoms with Crippen LogP contribution in [0.25, 0.3) is 10.9 Å². The van der Waals surface area contributed by atoms with Gasteiger partial charge in [-0.05, 0) is 36.9 Å². The van der Waals surface area contributed by atoms with E-state index in [1.54, 1.807) is 0 Å². The summed E-state index contributed by atoms with van der Waals surface area (Å²) in [6.07, 6.45) is 2.17. The van der Waals surface area contributed by atoms with Gasteiger partial charge in [-0.2, -0.15) is 0 Å². The number of piperazine rings is 1. The number of hydrogen-bond acceptors (Lipinski definition) is 3.